The molecule has 0 saturated heterocycles. The highest BCUT2D eigenvalue weighted by atomic mass is 16.5. The van der Waals surface area contributed by atoms with Gasteiger partial charge < -0.3 is 19.8 Å². The Morgan fingerprint density at radius 2 is 1.78 bits per heavy atom. The van der Waals surface area contributed by atoms with Crippen LogP contribution >= 0.6 is 0 Å². The molecule has 5 nitrogen and oxygen atoms in total. The molecule has 2 aromatic carbocycles. The van der Waals surface area contributed by atoms with Crippen LogP contribution in [0.4, 0.5) is 0 Å². The molecule has 27 heavy (non-hydrogen) atoms. The molecular weight excluding hydrogens is 340 g/mol. The van der Waals surface area contributed by atoms with Crippen LogP contribution in [-0.4, -0.2) is 25.7 Å². The highest BCUT2D eigenvalue weighted by molar-refractivity contribution is 5.83. The van der Waals surface area contributed by atoms with Crippen molar-refractivity contribution in [1.82, 2.24) is 10.3 Å². The fourth-order valence-corrected chi connectivity index (χ4v) is 3.34. The summed E-state index contributed by atoms with van der Waals surface area (Å²) in [5.74, 6) is 1.45. The van der Waals surface area contributed by atoms with Crippen LogP contribution in [0.3, 0.4) is 0 Å². The molecule has 0 aliphatic carbocycles. The largest absolute Gasteiger partial charge is 0.493 e. The van der Waals surface area contributed by atoms with E-state index in [0.717, 1.165) is 52.1 Å². The minimum atomic E-state index is -0.0360. The topological polar surface area (TPSA) is 63.3 Å². The van der Waals surface area contributed by atoms with Crippen molar-refractivity contribution in [3.63, 3.8) is 0 Å². The van der Waals surface area contributed by atoms with Crippen molar-refractivity contribution in [3.8, 4) is 11.5 Å². The van der Waals surface area contributed by atoms with E-state index in [-0.39, 0.29) is 5.56 Å². The summed E-state index contributed by atoms with van der Waals surface area (Å²) >= 11 is 0. The number of fused-ring (bicyclic) bond motifs is 1. The van der Waals surface area contributed by atoms with E-state index in [4.69, 9.17) is 9.47 Å². The van der Waals surface area contributed by atoms with Crippen LogP contribution in [0.25, 0.3) is 10.9 Å². The third-order valence-electron chi connectivity index (χ3n) is 4.74. The number of pyridine rings is 1. The van der Waals surface area contributed by atoms with Crippen LogP contribution in [-0.2, 0) is 13.0 Å². The SMILES string of the molecule is COc1ccc(CCNCc2cc3c(C)cc(C)cc3[nH]c2=O)cc1OC. The normalized spacial score (nSPS) is 11.0. The predicted molar refractivity (Wildman–Crippen MR) is 109 cm³/mol. The van der Waals surface area contributed by atoms with Crippen LogP contribution in [0.1, 0.15) is 22.3 Å². The van der Waals surface area contributed by atoms with Crippen LogP contribution in [0, 0.1) is 13.8 Å². The number of aromatic nitrogens is 1. The van der Waals surface area contributed by atoms with Gasteiger partial charge in [0.15, 0.2) is 11.5 Å². The lowest BCUT2D eigenvalue weighted by Gasteiger charge is -2.10. The molecule has 0 atom stereocenters. The van der Waals surface area contributed by atoms with Gasteiger partial charge in [-0.15, -0.1) is 0 Å². The van der Waals surface area contributed by atoms with Gasteiger partial charge in [-0.2, -0.15) is 0 Å². The minimum Gasteiger partial charge on any atom is -0.493 e. The van der Waals surface area contributed by atoms with E-state index in [1.807, 2.05) is 37.3 Å². The Hall–Kier alpha value is -2.79. The number of H-pyrrole nitrogens is 1. The highest BCUT2D eigenvalue weighted by Gasteiger charge is 2.07. The smallest absolute Gasteiger partial charge is 0.252 e. The summed E-state index contributed by atoms with van der Waals surface area (Å²) in [6.07, 6.45) is 0.837. The van der Waals surface area contributed by atoms with Crippen molar-refractivity contribution in [1.29, 1.82) is 0 Å². The van der Waals surface area contributed by atoms with E-state index in [2.05, 4.69) is 23.3 Å². The summed E-state index contributed by atoms with van der Waals surface area (Å²) in [5, 5.41) is 4.45. The molecule has 142 valence electrons. The molecule has 0 aliphatic rings. The summed E-state index contributed by atoms with van der Waals surface area (Å²) < 4.78 is 10.6. The molecule has 0 fully saturated rings. The number of methoxy groups -OCH3 is 2. The fourth-order valence-electron chi connectivity index (χ4n) is 3.34. The standard InChI is InChI=1S/C22H26N2O3/c1-14-9-15(2)18-12-17(22(25)24-19(18)10-14)13-23-8-7-16-5-6-20(26-3)21(11-16)27-4/h5-6,9-12,23H,7-8,13H2,1-4H3,(H,24,25). The van der Waals surface area contributed by atoms with E-state index in [9.17, 15) is 4.79 Å². The lowest BCUT2D eigenvalue weighted by atomic mass is 10.0. The van der Waals surface area contributed by atoms with Gasteiger partial charge in [0.25, 0.3) is 5.56 Å². The zero-order valence-corrected chi connectivity index (χ0v) is 16.3. The van der Waals surface area contributed by atoms with E-state index >= 15 is 0 Å². The first-order valence-corrected chi connectivity index (χ1v) is 9.06. The average Bonchev–Trinajstić information content (AvgIpc) is 2.65. The third kappa shape index (κ3) is 4.31. The Labute approximate surface area is 159 Å². The van der Waals surface area contributed by atoms with Gasteiger partial charge in [0.1, 0.15) is 0 Å². The van der Waals surface area contributed by atoms with E-state index in [1.54, 1.807) is 14.2 Å². The van der Waals surface area contributed by atoms with Gasteiger partial charge in [0.2, 0.25) is 0 Å². The number of nitrogens with one attached hydrogen (secondary N) is 2. The molecule has 0 saturated carbocycles. The van der Waals surface area contributed by atoms with Crippen molar-refractivity contribution < 1.29 is 9.47 Å². The molecule has 3 rings (SSSR count). The Morgan fingerprint density at radius 3 is 2.52 bits per heavy atom. The molecule has 0 unspecified atom stereocenters. The van der Waals surface area contributed by atoms with Crippen LogP contribution in [0.2, 0.25) is 0 Å². The number of hydrogen-bond donors (Lipinski definition) is 2. The zero-order valence-electron chi connectivity index (χ0n) is 16.3. The number of hydrogen-bond acceptors (Lipinski definition) is 4. The number of benzene rings is 2. The van der Waals surface area contributed by atoms with Crippen molar-refractivity contribution in [2.24, 2.45) is 0 Å². The molecule has 3 aromatic rings. The second kappa shape index (κ2) is 8.27. The number of rotatable bonds is 7. The molecule has 2 N–H and O–H groups in total. The molecule has 1 heterocycles. The van der Waals surface area contributed by atoms with Crippen LogP contribution in [0.15, 0.2) is 41.2 Å². The lowest BCUT2D eigenvalue weighted by Crippen LogP contribution is -2.23. The van der Waals surface area contributed by atoms with Gasteiger partial charge in [-0.05, 0) is 67.8 Å². The molecule has 0 amide bonds. The first kappa shape index (κ1) is 19.0. The Bertz CT molecular complexity index is 1010. The number of aromatic amines is 1. The Morgan fingerprint density at radius 1 is 1.00 bits per heavy atom. The molecule has 5 heteroatoms. The highest BCUT2D eigenvalue weighted by Crippen LogP contribution is 2.27. The van der Waals surface area contributed by atoms with Crippen molar-refractivity contribution in [2.45, 2.75) is 26.8 Å². The van der Waals surface area contributed by atoms with E-state index in [0.29, 0.717) is 6.54 Å². The lowest BCUT2D eigenvalue weighted by molar-refractivity contribution is 0.354. The van der Waals surface area contributed by atoms with E-state index in [1.165, 1.54) is 5.56 Å². The summed E-state index contributed by atoms with van der Waals surface area (Å²) in [5.41, 5.74) is 5.09. The number of ether oxygens (including phenoxy) is 2. The van der Waals surface area contributed by atoms with Gasteiger partial charge in [-0.1, -0.05) is 12.1 Å². The molecule has 0 radical (unpaired) electrons. The molecule has 0 bridgehead atoms. The van der Waals surface area contributed by atoms with Crippen LogP contribution in [0.5, 0.6) is 11.5 Å². The maximum Gasteiger partial charge on any atom is 0.252 e. The van der Waals surface area contributed by atoms with Crippen molar-refractivity contribution in [2.75, 3.05) is 20.8 Å². The first-order valence-electron chi connectivity index (χ1n) is 9.06. The molecule has 0 spiro atoms. The van der Waals surface area contributed by atoms with Crippen molar-refractivity contribution in [3.05, 3.63) is 69.0 Å². The zero-order chi connectivity index (χ0) is 19.4. The molecule has 1 aromatic heterocycles. The Kier molecular flexibility index (Phi) is 5.81. The summed E-state index contributed by atoms with van der Waals surface area (Å²) in [4.78, 5) is 15.3. The Balaban J connectivity index is 1.65. The van der Waals surface area contributed by atoms with E-state index < -0.39 is 0 Å². The summed E-state index contributed by atoms with van der Waals surface area (Å²) in [7, 11) is 3.26. The van der Waals surface area contributed by atoms with Crippen molar-refractivity contribution >= 4 is 10.9 Å². The van der Waals surface area contributed by atoms with Crippen LogP contribution < -0.4 is 20.3 Å². The number of aryl methyl sites for hydroxylation is 2. The monoisotopic (exact) mass is 366 g/mol. The van der Waals surface area contributed by atoms with Gasteiger partial charge in [0.05, 0.1) is 14.2 Å². The summed E-state index contributed by atoms with van der Waals surface area (Å²) in [6, 6.07) is 12.1. The quantitative estimate of drug-likeness (QED) is 0.628. The molecular formula is C22H26N2O3. The molecule has 0 aliphatic heterocycles. The van der Waals surface area contributed by atoms with Gasteiger partial charge in [0, 0.05) is 23.0 Å². The maximum absolute atomic E-state index is 12.3. The minimum absolute atomic E-state index is 0.0360. The maximum atomic E-state index is 12.3. The average molecular weight is 366 g/mol. The first-order chi connectivity index (χ1) is 13.0. The van der Waals surface area contributed by atoms with Gasteiger partial charge in [-0.3, -0.25) is 4.79 Å². The second-order valence-electron chi connectivity index (χ2n) is 6.78. The van der Waals surface area contributed by atoms with Gasteiger partial charge in [-0.25, -0.2) is 0 Å². The fraction of sp³-hybridized carbons (Fsp3) is 0.318. The third-order valence-corrected chi connectivity index (χ3v) is 4.74. The predicted octanol–water partition coefficient (Wildman–Crippen LogP) is 3.49. The van der Waals surface area contributed by atoms with Gasteiger partial charge >= 0.3 is 0 Å². The summed E-state index contributed by atoms with van der Waals surface area (Å²) in [6.45, 7) is 5.40. The second-order valence-corrected chi connectivity index (χ2v) is 6.78.